The van der Waals surface area contributed by atoms with Crippen LogP contribution in [0.15, 0.2) is 15.6 Å². The average Bonchev–Trinajstić information content (AvgIpc) is 3.04. The summed E-state index contributed by atoms with van der Waals surface area (Å²) in [4.78, 5) is 34.5. The second kappa shape index (κ2) is 8.55. The van der Waals surface area contributed by atoms with Gasteiger partial charge in [0.15, 0.2) is 5.16 Å². The van der Waals surface area contributed by atoms with E-state index in [1.54, 1.807) is 11.8 Å². The lowest BCUT2D eigenvalue weighted by Gasteiger charge is -2.18. The number of ether oxygens (including phenoxy) is 1. The summed E-state index contributed by atoms with van der Waals surface area (Å²) in [6.45, 7) is 7.94. The first kappa shape index (κ1) is 21.3. The van der Waals surface area contributed by atoms with Gasteiger partial charge in [-0.2, -0.15) is 0 Å². The van der Waals surface area contributed by atoms with E-state index in [9.17, 15) is 9.59 Å². The van der Waals surface area contributed by atoms with E-state index < -0.39 is 0 Å². The molecule has 0 spiro atoms. The van der Waals surface area contributed by atoms with Crippen molar-refractivity contribution < 1.29 is 14.3 Å². The Morgan fingerprint density at radius 1 is 1.29 bits per heavy atom. The molecule has 2 heterocycles. The highest BCUT2D eigenvalue weighted by molar-refractivity contribution is 8.00. The van der Waals surface area contributed by atoms with Crippen LogP contribution in [0.25, 0.3) is 11.3 Å². The molecule has 0 fully saturated rings. The number of rotatable bonds is 6. The van der Waals surface area contributed by atoms with E-state index in [-0.39, 0.29) is 17.2 Å². The number of carbonyl (C=O) groups excluding carboxylic acids is 2. The van der Waals surface area contributed by atoms with Crippen molar-refractivity contribution in [2.75, 3.05) is 18.6 Å². The fraction of sp³-hybridized carbons (Fsp3) is 0.500. The number of thioether (sulfide) groups is 2. The Labute approximate surface area is 178 Å². The van der Waals surface area contributed by atoms with Crippen LogP contribution in [0.1, 0.15) is 48.5 Å². The molecule has 0 unspecified atom stereocenters. The summed E-state index contributed by atoms with van der Waals surface area (Å²) < 4.78 is 6.32. The molecule has 0 atom stereocenters. The summed E-state index contributed by atoms with van der Waals surface area (Å²) in [5.41, 5.74) is 3.66. The summed E-state index contributed by atoms with van der Waals surface area (Å²) in [6, 6.07) is 0. The van der Waals surface area contributed by atoms with Crippen LogP contribution in [0.5, 0.6) is 0 Å². The minimum absolute atomic E-state index is 0.171. The van der Waals surface area contributed by atoms with Crippen molar-refractivity contribution in [3.8, 4) is 11.3 Å². The number of aromatic nitrogens is 2. The summed E-state index contributed by atoms with van der Waals surface area (Å²) in [5.74, 6) is 0.263. The molecule has 1 aliphatic carbocycles. The molecule has 5 nitrogen and oxygen atoms in total. The third kappa shape index (κ3) is 4.28. The molecule has 0 aliphatic heterocycles. The standard InChI is InChI=1S/C20H24N2O3S3/c1-6-25-17(24)16-12-8-7-11-9-21-19(27-10-13(23)20(2,3)4)22-15(11)14(12)18(26-5)28-16/h9H,6-8,10H2,1-5H3. The quantitative estimate of drug-likeness (QED) is 0.362. The zero-order valence-corrected chi connectivity index (χ0v) is 19.2. The fourth-order valence-electron chi connectivity index (χ4n) is 2.89. The zero-order valence-electron chi connectivity index (χ0n) is 16.7. The van der Waals surface area contributed by atoms with Gasteiger partial charge in [0.05, 0.1) is 22.3 Å². The Bertz CT molecular complexity index is 916. The first-order valence-electron chi connectivity index (χ1n) is 9.15. The molecule has 0 saturated carbocycles. The molecule has 0 aromatic carbocycles. The van der Waals surface area contributed by atoms with Gasteiger partial charge in [-0.05, 0) is 37.1 Å². The number of nitrogens with zero attached hydrogens (tertiary/aromatic N) is 2. The molecular formula is C20H24N2O3S3. The van der Waals surface area contributed by atoms with Gasteiger partial charge in [0.1, 0.15) is 10.7 Å². The first-order valence-corrected chi connectivity index (χ1v) is 12.2. The first-order chi connectivity index (χ1) is 13.3. The molecular weight excluding hydrogens is 412 g/mol. The van der Waals surface area contributed by atoms with Crippen molar-refractivity contribution in [2.24, 2.45) is 5.41 Å². The molecule has 2 aromatic rings. The van der Waals surface area contributed by atoms with E-state index in [0.29, 0.717) is 22.4 Å². The van der Waals surface area contributed by atoms with Gasteiger partial charge in [-0.15, -0.1) is 23.1 Å². The van der Waals surface area contributed by atoms with E-state index >= 15 is 0 Å². The van der Waals surface area contributed by atoms with Gasteiger partial charge >= 0.3 is 5.97 Å². The second-order valence-electron chi connectivity index (χ2n) is 7.49. The SMILES string of the molecule is CCOC(=O)c1sc(SC)c2c1CCc1cnc(SCC(=O)C(C)(C)C)nc1-2. The molecule has 0 amide bonds. The molecule has 0 saturated heterocycles. The molecule has 0 N–H and O–H groups in total. The smallest absolute Gasteiger partial charge is 0.348 e. The van der Waals surface area contributed by atoms with E-state index in [4.69, 9.17) is 9.72 Å². The van der Waals surface area contributed by atoms with Crippen molar-refractivity contribution in [1.29, 1.82) is 0 Å². The number of aryl methyl sites for hydroxylation is 1. The number of hydrogen-bond acceptors (Lipinski definition) is 8. The highest BCUT2D eigenvalue weighted by Crippen LogP contribution is 2.46. The van der Waals surface area contributed by atoms with Crippen molar-refractivity contribution in [1.82, 2.24) is 9.97 Å². The summed E-state index contributed by atoms with van der Waals surface area (Å²) in [7, 11) is 0. The van der Waals surface area contributed by atoms with Crippen LogP contribution in [0, 0.1) is 5.41 Å². The van der Waals surface area contributed by atoms with Gasteiger partial charge < -0.3 is 4.74 Å². The normalized spacial score (nSPS) is 13.0. The van der Waals surface area contributed by atoms with Crippen LogP contribution in [0.2, 0.25) is 0 Å². The Hall–Kier alpha value is -1.38. The van der Waals surface area contributed by atoms with Gasteiger partial charge in [-0.3, -0.25) is 4.79 Å². The van der Waals surface area contributed by atoms with Crippen LogP contribution < -0.4 is 0 Å². The van der Waals surface area contributed by atoms with Gasteiger partial charge in [-0.25, -0.2) is 14.8 Å². The lowest BCUT2D eigenvalue weighted by Crippen LogP contribution is -2.22. The van der Waals surface area contributed by atoms with E-state index in [2.05, 4.69) is 4.98 Å². The third-order valence-corrected chi connectivity index (χ3v) is 7.71. The molecule has 3 rings (SSSR count). The summed E-state index contributed by atoms with van der Waals surface area (Å²) >= 11 is 4.47. The van der Waals surface area contributed by atoms with E-state index in [1.165, 1.54) is 23.1 Å². The number of thiophene rings is 1. The van der Waals surface area contributed by atoms with Crippen LogP contribution in [0.4, 0.5) is 0 Å². The van der Waals surface area contributed by atoms with Gasteiger partial charge in [0, 0.05) is 17.2 Å². The lowest BCUT2D eigenvalue weighted by atomic mass is 9.91. The van der Waals surface area contributed by atoms with Crippen molar-refractivity contribution in [3.05, 3.63) is 22.2 Å². The maximum absolute atomic E-state index is 12.4. The molecule has 0 bridgehead atoms. The Morgan fingerprint density at radius 3 is 2.68 bits per heavy atom. The number of ketones is 1. The molecule has 2 aromatic heterocycles. The zero-order chi connectivity index (χ0) is 20.5. The molecule has 150 valence electrons. The average molecular weight is 437 g/mol. The largest absolute Gasteiger partial charge is 0.462 e. The van der Waals surface area contributed by atoms with Gasteiger partial charge in [0.25, 0.3) is 0 Å². The third-order valence-electron chi connectivity index (χ3n) is 4.51. The number of hydrogen-bond donors (Lipinski definition) is 0. The number of Topliss-reactive ketones (excluding diaryl/α,β-unsaturated/α-hetero) is 1. The highest BCUT2D eigenvalue weighted by Gasteiger charge is 2.30. The minimum atomic E-state index is -0.373. The molecule has 28 heavy (non-hydrogen) atoms. The van der Waals surface area contributed by atoms with Gasteiger partial charge in [0.2, 0.25) is 0 Å². The van der Waals surface area contributed by atoms with Crippen LogP contribution in [-0.4, -0.2) is 40.3 Å². The predicted molar refractivity (Wildman–Crippen MR) is 116 cm³/mol. The predicted octanol–water partition coefficient (Wildman–Crippen LogP) is 4.91. The van der Waals surface area contributed by atoms with Gasteiger partial charge in [-0.1, -0.05) is 32.5 Å². The molecule has 1 aliphatic rings. The maximum Gasteiger partial charge on any atom is 0.348 e. The van der Waals surface area contributed by atoms with Crippen molar-refractivity contribution in [3.63, 3.8) is 0 Å². The van der Waals surface area contributed by atoms with E-state index in [1.807, 2.05) is 40.1 Å². The van der Waals surface area contributed by atoms with Crippen molar-refractivity contribution in [2.45, 2.75) is 49.9 Å². The Balaban J connectivity index is 1.96. The second-order valence-corrected chi connectivity index (χ2v) is 10.5. The monoisotopic (exact) mass is 436 g/mol. The lowest BCUT2D eigenvalue weighted by molar-refractivity contribution is -0.123. The fourth-order valence-corrected chi connectivity index (χ4v) is 5.85. The topological polar surface area (TPSA) is 69.2 Å². The minimum Gasteiger partial charge on any atom is -0.462 e. The number of fused-ring (bicyclic) bond motifs is 3. The Morgan fingerprint density at radius 2 is 2.04 bits per heavy atom. The number of esters is 1. The van der Waals surface area contributed by atoms with E-state index in [0.717, 1.165) is 39.4 Å². The van der Waals surface area contributed by atoms with Crippen molar-refractivity contribution >= 4 is 46.6 Å². The molecule has 8 heteroatoms. The summed E-state index contributed by atoms with van der Waals surface area (Å²) in [6.07, 6.45) is 5.45. The highest BCUT2D eigenvalue weighted by atomic mass is 32.2. The Kier molecular flexibility index (Phi) is 6.51. The van der Waals surface area contributed by atoms with Crippen LogP contribution in [0.3, 0.4) is 0 Å². The maximum atomic E-state index is 12.4. The summed E-state index contributed by atoms with van der Waals surface area (Å²) in [5, 5.41) is 0.597. The molecule has 0 radical (unpaired) electrons. The van der Waals surface area contributed by atoms with Crippen LogP contribution >= 0.6 is 34.9 Å². The number of carbonyl (C=O) groups is 2. The van der Waals surface area contributed by atoms with Crippen LogP contribution in [-0.2, 0) is 22.4 Å².